The van der Waals surface area contributed by atoms with Gasteiger partial charge in [0.05, 0.1) is 16.3 Å². The predicted octanol–water partition coefficient (Wildman–Crippen LogP) is 3.18. The van der Waals surface area contributed by atoms with Crippen LogP contribution in [0.25, 0.3) is 21.9 Å². The number of ether oxygens (including phenoxy) is 2. The van der Waals surface area contributed by atoms with Crippen molar-refractivity contribution in [3.63, 3.8) is 0 Å². The van der Waals surface area contributed by atoms with Gasteiger partial charge in [0.15, 0.2) is 11.3 Å². The molecule has 0 radical (unpaired) electrons. The molecule has 2 aromatic carbocycles. The molecule has 0 aliphatic rings. The first kappa shape index (κ1) is 16.5. The van der Waals surface area contributed by atoms with Crippen LogP contribution in [0.5, 0.6) is 11.5 Å². The summed E-state index contributed by atoms with van der Waals surface area (Å²) in [5, 5.41) is 9.48. The largest absolute Gasteiger partial charge is 0.483 e. The molecule has 0 amide bonds. The van der Waals surface area contributed by atoms with E-state index in [2.05, 4.69) is 25.3 Å². The summed E-state index contributed by atoms with van der Waals surface area (Å²) in [6, 6.07) is 7.19. The Bertz CT molecular complexity index is 995. The van der Waals surface area contributed by atoms with E-state index in [0.717, 1.165) is 0 Å². The third-order valence-corrected chi connectivity index (χ3v) is 3.67. The monoisotopic (exact) mass is 364 g/mol. The fraction of sp³-hybridized carbons (Fsp3) is 0.125. The average Bonchev–Trinajstić information content (AvgIpc) is 2.56. The number of carboxylic acid groups (broad SMARTS) is 1. The van der Waals surface area contributed by atoms with Gasteiger partial charge in [0.2, 0.25) is 5.43 Å². The van der Waals surface area contributed by atoms with E-state index in [0.29, 0.717) is 11.5 Å². The summed E-state index contributed by atoms with van der Waals surface area (Å²) >= 11 is 8.00. The van der Waals surface area contributed by atoms with Crippen LogP contribution in [0.1, 0.15) is 10.4 Å². The highest BCUT2D eigenvalue weighted by molar-refractivity contribution is 7.80. The van der Waals surface area contributed by atoms with Crippen LogP contribution in [0.4, 0.5) is 0 Å². The summed E-state index contributed by atoms with van der Waals surface area (Å²) in [5.74, 6) is -0.230. The molecule has 1 heterocycles. The molecule has 0 saturated heterocycles. The second kappa shape index (κ2) is 6.66. The van der Waals surface area contributed by atoms with E-state index in [4.69, 9.17) is 19.0 Å². The number of carbonyl (C=O) groups is 1. The number of fused-ring (bicyclic) bond motifs is 2. The lowest BCUT2D eigenvalue weighted by Crippen LogP contribution is -2.06. The lowest BCUT2D eigenvalue weighted by atomic mass is 10.1. The summed E-state index contributed by atoms with van der Waals surface area (Å²) in [6.45, 7) is 0. The summed E-state index contributed by atoms with van der Waals surface area (Å²) in [5.41, 5.74) is 0.146. The minimum absolute atomic E-state index is 0.00347. The van der Waals surface area contributed by atoms with E-state index < -0.39 is 5.97 Å². The maximum absolute atomic E-state index is 12.8. The van der Waals surface area contributed by atoms with Crippen molar-refractivity contribution < 1.29 is 23.8 Å². The summed E-state index contributed by atoms with van der Waals surface area (Å²) < 4.78 is 16.5. The minimum atomic E-state index is -1.12. The van der Waals surface area contributed by atoms with Gasteiger partial charge in [-0.1, -0.05) is 0 Å². The smallest absolute Gasteiger partial charge is 0.335 e. The van der Waals surface area contributed by atoms with Gasteiger partial charge >= 0.3 is 5.97 Å². The van der Waals surface area contributed by atoms with Crippen LogP contribution in [-0.4, -0.2) is 23.0 Å². The molecule has 0 fully saturated rings. The normalized spacial score (nSPS) is 10.9. The van der Waals surface area contributed by atoms with Crippen molar-refractivity contribution in [3.05, 3.63) is 46.1 Å². The molecule has 1 N–H and O–H groups in total. The van der Waals surface area contributed by atoms with Crippen molar-refractivity contribution in [2.45, 2.75) is 0 Å². The summed E-state index contributed by atoms with van der Waals surface area (Å²) in [6.07, 6.45) is 0. The van der Waals surface area contributed by atoms with E-state index in [9.17, 15) is 9.59 Å². The molecule has 0 unspecified atom stereocenters. The Morgan fingerprint density at radius 1 is 1.08 bits per heavy atom. The molecule has 3 aromatic rings. The van der Waals surface area contributed by atoms with Gasteiger partial charge in [0, 0.05) is 6.07 Å². The van der Waals surface area contributed by atoms with Crippen LogP contribution in [0.3, 0.4) is 0 Å². The number of benzene rings is 2. The minimum Gasteiger partial charge on any atom is -0.483 e. The Morgan fingerprint density at radius 3 is 2.50 bits per heavy atom. The third kappa shape index (κ3) is 2.90. The van der Waals surface area contributed by atoms with Gasteiger partial charge < -0.3 is 19.0 Å². The number of thiol groups is 2. The molecule has 0 atom stereocenters. The molecule has 3 rings (SSSR count). The zero-order valence-corrected chi connectivity index (χ0v) is 14.0. The summed E-state index contributed by atoms with van der Waals surface area (Å²) in [4.78, 5) is 23.9. The molecule has 0 spiro atoms. The van der Waals surface area contributed by atoms with Crippen LogP contribution in [-0.2, 0) is 0 Å². The maximum atomic E-state index is 12.8. The van der Waals surface area contributed by atoms with Gasteiger partial charge in [0.25, 0.3) is 0 Å². The molecule has 8 heteroatoms. The summed E-state index contributed by atoms with van der Waals surface area (Å²) in [7, 11) is 0. The van der Waals surface area contributed by atoms with E-state index in [1.165, 1.54) is 24.3 Å². The Morgan fingerprint density at radius 2 is 1.83 bits per heavy atom. The lowest BCUT2D eigenvalue weighted by Gasteiger charge is -2.10. The number of hydrogen-bond acceptors (Lipinski definition) is 7. The molecule has 24 heavy (non-hydrogen) atoms. The topological polar surface area (TPSA) is 86.0 Å². The first-order valence-electron chi connectivity index (χ1n) is 6.80. The first-order chi connectivity index (χ1) is 11.5. The fourth-order valence-corrected chi connectivity index (χ4v) is 2.66. The Hall–Kier alpha value is -2.32. The van der Waals surface area contributed by atoms with Crippen molar-refractivity contribution in [2.24, 2.45) is 0 Å². The second-order valence-corrected chi connectivity index (χ2v) is 5.31. The molecular weight excluding hydrogens is 352 g/mol. The highest BCUT2D eigenvalue weighted by atomic mass is 32.1. The second-order valence-electron chi connectivity index (χ2n) is 4.79. The van der Waals surface area contributed by atoms with Crippen molar-refractivity contribution in [3.8, 4) is 11.5 Å². The van der Waals surface area contributed by atoms with Crippen molar-refractivity contribution in [2.75, 3.05) is 11.9 Å². The molecular formula is C16H12O6S2. The molecule has 0 aliphatic heterocycles. The molecule has 0 aliphatic carbocycles. The molecule has 124 valence electrons. The highest BCUT2D eigenvalue weighted by Gasteiger charge is 2.16. The predicted molar refractivity (Wildman–Crippen MR) is 95.9 cm³/mol. The van der Waals surface area contributed by atoms with Crippen LogP contribution >= 0.6 is 25.3 Å². The number of carboxylic acids is 1. The first-order valence-corrected chi connectivity index (χ1v) is 8.07. The van der Waals surface area contributed by atoms with Gasteiger partial charge in [-0.15, -0.1) is 25.3 Å². The van der Waals surface area contributed by atoms with E-state index >= 15 is 0 Å². The third-order valence-electron chi connectivity index (χ3n) is 3.41. The van der Waals surface area contributed by atoms with Gasteiger partial charge in [-0.2, -0.15) is 0 Å². The molecule has 0 saturated carbocycles. The van der Waals surface area contributed by atoms with Gasteiger partial charge in [-0.05, 0) is 24.3 Å². The molecule has 6 nitrogen and oxygen atoms in total. The average molecular weight is 364 g/mol. The standard InChI is InChI=1S/C16H12O6S2/c17-14-10-3-8(16(18)19)1-2-12(10)22-15-11(14)4-9(20-6-23)5-13(15)21-7-24/h1-5,23-24H,6-7H2,(H,18,19). The number of hydrogen-bond donors (Lipinski definition) is 3. The van der Waals surface area contributed by atoms with Gasteiger partial charge in [0.1, 0.15) is 23.2 Å². The van der Waals surface area contributed by atoms with Crippen molar-refractivity contribution in [1.29, 1.82) is 0 Å². The molecule has 0 bridgehead atoms. The van der Waals surface area contributed by atoms with E-state index in [-0.39, 0.29) is 44.8 Å². The van der Waals surface area contributed by atoms with E-state index in [1.807, 2.05) is 0 Å². The highest BCUT2D eigenvalue weighted by Crippen LogP contribution is 2.32. The number of rotatable bonds is 5. The van der Waals surface area contributed by atoms with Crippen LogP contribution < -0.4 is 14.9 Å². The SMILES string of the molecule is O=C(O)c1ccc2oc3c(OCS)cc(OCS)cc3c(=O)c2c1. The maximum Gasteiger partial charge on any atom is 0.335 e. The Balaban J connectivity index is 2.38. The van der Waals surface area contributed by atoms with Crippen LogP contribution in [0, 0.1) is 0 Å². The van der Waals surface area contributed by atoms with E-state index in [1.54, 1.807) is 6.07 Å². The van der Waals surface area contributed by atoms with Gasteiger partial charge in [-0.3, -0.25) is 4.79 Å². The van der Waals surface area contributed by atoms with Crippen LogP contribution in [0.2, 0.25) is 0 Å². The van der Waals surface area contributed by atoms with Gasteiger partial charge in [-0.25, -0.2) is 4.79 Å². The fourth-order valence-electron chi connectivity index (χ4n) is 2.37. The Kier molecular flexibility index (Phi) is 4.59. The zero-order chi connectivity index (χ0) is 17.3. The lowest BCUT2D eigenvalue weighted by molar-refractivity contribution is 0.0697. The number of aromatic carboxylic acids is 1. The van der Waals surface area contributed by atoms with Crippen molar-refractivity contribution >= 4 is 53.2 Å². The van der Waals surface area contributed by atoms with Crippen LogP contribution in [0.15, 0.2) is 39.5 Å². The zero-order valence-electron chi connectivity index (χ0n) is 12.2. The molecule has 1 aromatic heterocycles. The Labute approximate surface area is 146 Å². The quantitative estimate of drug-likeness (QED) is 0.366. The van der Waals surface area contributed by atoms with Crippen molar-refractivity contribution in [1.82, 2.24) is 0 Å².